The van der Waals surface area contributed by atoms with Gasteiger partial charge in [0.05, 0.1) is 0 Å². The van der Waals surface area contributed by atoms with Crippen LogP contribution in [0.15, 0.2) is 36.4 Å². The Bertz CT molecular complexity index is 337. The van der Waals surface area contributed by atoms with Crippen LogP contribution in [0.2, 0.25) is 0 Å². The summed E-state index contributed by atoms with van der Waals surface area (Å²) >= 11 is 0. The van der Waals surface area contributed by atoms with Crippen molar-refractivity contribution in [2.24, 2.45) is 5.92 Å². The van der Waals surface area contributed by atoms with E-state index < -0.39 is 0 Å². The summed E-state index contributed by atoms with van der Waals surface area (Å²) in [5, 5.41) is 3.54. The van der Waals surface area contributed by atoms with Crippen molar-refractivity contribution >= 4 is 0 Å². The number of hydrogen-bond donors (Lipinski definition) is 1. The molecule has 0 aliphatic heterocycles. The predicted molar refractivity (Wildman–Crippen MR) is 69.4 cm³/mol. The fourth-order valence-corrected chi connectivity index (χ4v) is 2.16. The molecule has 0 spiro atoms. The largest absolute Gasteiger partial charge is 0.312 e. The summed E-state index contributed by atoms with van der Waals surface area (Å²) in [6.07, 6.45) is 8.66. The Morgan fingerprint density at radius 2 is 2.06 bits per heavy atom. The van der Waals surface area contributed by atoms with Gasteiger partial charge in [0.1, 0.15) is 0 Å². The van der Waals surface area contributed by atoms with Gasteiger partial charge in [0.15, 0.2) is 0 Å². The topological polar surface area (TPSA) is 12.0 Å². The minimum Gasteiger partial charge on any atom is -0.312 e. The van der Waals surface area contributed by atoms with Gasteiger partial charge in [0, 0.05) is 13.1 Å². The molecule has 1 heteroatoms. The zero-order valence-electron chi connectivity index (χ0n) is 10.1. The summed E-state index contributed by atoms with van der Waals surface area (Å²) < 4.78 is 0. The predicted octanol–water partition coefficient (Wildman–Crippen LogP) is 3.44. The SMILES string of the molecule is Cc1ccc(CNC[C@@H]2C=CCCC2)cc1. The maximum absolute atomic E-state index is 3.54. The Balaban J connectivity index is 1.73. The van der Waals surface area contributed by atoms with E-state index in [9.17, 15) is 0 Å². The summed E-state index contributed by atoms with van der Waals surface area (Å²) in [5.41, 5.74) is 2.71. The Hall–Kier alpha value is -1.08. The fraction of sp³-hybridized carbons (Fsp3) is 0.467. The molecular weight excluding hydrogens is 194 g/mol. The molecule has 0 amide bonds. The van der Waals surface area contributed by atoms with Gasteiger partial charge in [0.2, 0.25) is 0 Å². The van der Waals surface area contributed by atoms with Gasteiger partial charge in [-0.3, -0.25) is 0 Å². The molecule has 0 aromatic heterocycles. The molecule has 0 heterocycles. The van der Waals surface area contributed by atoms with Gasteiger partial charge in [-0.2, -0.15) is 0 Å². The van der Waals surface area contributed by atoms with Crippen molar-refractivity contribution in [3.8, 4) is 0 Å². The smallest absolute Gasteiger partial charge is 0.0205 e. The van der Waals surface area contributed by atoms with Gasteiger partial charge < -0.3 is 5.32 Å². The van der Waals surface area contributed by atoms with Crippen molar-refractivity contribution < 1.29 is 0 Å². The Morgan fingerprint density at radius 1 is 1.25 bits per heavy atom. The number of benzene rings is 1. The highest BCUT2D eigenvalue weighted by Gasteiger charge is 2.07. The third-order valence-corrected chi connectivity index (χ3v) is 3.21. The van der Waals surface area contributed by atoms with Crippen LogP contribution in [0.4, 0.5) is 0 Å². The van der Waals surface area contributed by atoms with Crippen LogP contribution in [0.1, 0.15) is 30.4 Å². The zero-order chi connectivity index (χ0) is 11.2. The van der Waals surface area contributed by atoms with E-state index in [2.05, 4.69) is 48.7 Å². The van der Waals surface area contributed by atoms with Crippen molar-refractivity contribution in [2.45, 2.75) is 32.7 Å². The van der Waals surface area contributed by atoms with E-state index in [1.165, 1.54) is 30.4 Å². The highest BCUT2D eigenvalue weighted by molar-refractivity contribution is 5.21. The molecule has 1 aromatic rings. The van der Waals surface area contributed by atoms with Crippen molar-refractivity contribution in [3.63, 3.8) is 0 Å². The highest BCUT2D eigenvalue weighted by Crippen LogP contribution is 2.16. The van der Waals surface area contributed by atoms with Gasteiger partial charge in [-0.1, -0.05) is 42.0 Å². The van der Waals surface area contributed by atoms with E-state index in [0.29, 0.717) is 0 Å². The van der Waals surface area contributed by atoms with Crippen LogP contribution >= 0.6 is 0 Å². The number of allylic oxidation sites excluding steroid dienone is 1. The molecule has 0 fully saturated rings. The highest BCUT2D eigenvalue weighted by atomic mass is 14.9. The summed E-state index contributed by atoms with van der Waals surface area (Å²) in [6, 6.07) is 8.77. The number of aryl methyl sites for hydroxylation is 1. The van der Waals surface area contributed by atoms with Crippen molar-refractivity contribution in [1.82, 2.24) is 5.32 Å². The third-order valence-electron chi connectivity index (χ3n) is 3.21. The van der Waals surface area contributed by atoms with Crippen molar-refractivity contribution in [2.75, 3.05) is 6.54 Å². The number of rotatable bonds is 4. The monoisotopic (exact) mass is 215 g/mol. The Labute approximate surface area is 98.6 Å². The zero-order valence-corrected chi connectivity index (χ0v) is 10.1. The maximum Gasteiger partial charge on any atom is 0.0205 e. The van der Waals surface area contributed by atoms with Crippen LogP contribution < -0.4 is 5.32 Å². The second kappa shape index (κ2) is 5.86. The third kappa shape index (κ3) is 3.49. The van der Waals surface area contributed by atoms with Crippen LogP contribution in [0.25, 0.3) is 0 Å². The normalized spacial score (nSPS) is 19.9. The quantitative estimate of drug-likeness (QED) is 0.759. The van der Waals surface area contributed by atoms with Crippen molar-refractivity contribution in [1.29, 1.82) is 0 Å². The lowest BCUT2D eigenvalue weighted by atomic mass is 9.96. The lowest BCUT2D eigenvalue weighted by Crippen LogP contribution is -2.22. The molecule has 0 saturated carbocycles. The van der Waals surface area contributed by atoms with Gasteiger partial charge in [-0.05, 0) is 37.7 Å². The van der Waals surface area contributed by atoms with E-state index in [1.54, 1.807) is 0 Å². The molecule has 0 unspecified atom stereocenters. The number of nitrogens with one attached hydrogen (secondary N) is 1. The van der Waals surface area contributed by atoms with Gasteiger partial charge in [-0.15, -0.1) is 0 Å². The molecule has 86 valence electrons. The van der Waals surface area contributed by atoms with Crippen LogP contribution in [0.5, 0.6) is 0 Å². The molecule has 1 nitrogen and oxygen atoms in total. The lowest BCUT2D eigenvalue weighted by molar-refractivity contribution is 0.493. The van der Waals surface area contributed by atoms with Crippen LogP contribution in [-0.4, -0.2) is 6.54 Å². The minimum atomic E-state index is 0.749. The summed E-state index contributed by atoms with van der Waals surface area (Å²) in [4.78, 5) is 0. The molecule has 1 N–H and O–H groups in total. The molecule has 16 heavy (non-hydrogen) atoms. The molecular formula is C15H21N. The molecule has 1 atom stereocenters. The first-order chi connectivity index (χ1) is 7.84. The average molecular weight is 215 g/mol. The van der Waals surface area contributed by atoms with Crippen LogP contribution in [-0.2, 0) is 6.54 Å². The fourth-order valence-electron chi connectivity index (χ4n) is 2.16. The Morgan fingerprint density at radius 3 is 2.75 bits per heavy atom. The first-order valence-electron chi connectivity index (χ1n) is 6.27. The molecule has 0 saturated heterocycles. The van der Waals surface area contributed by atoms with E-state index >= 15 is 0 Å². The first kappa shape index (κ1) is 11.4. The van der Waals surface area contributed by atoms with E-state index in [4.69, 9.17) is 0 Å². The molecule has 2 rings (SSSR count). The van der Waals surface area contributed by atoms with Crippen LogP contribution in [0, 0.1) is 12.8 Å². The summed E-state index contributed by atoms with van der Waals surface area (Å²) in [7, 11) is 0. The molecule has 0 bridgehead atoms. The first-order valence-corrected chi connectivity index (χ1v) is 6.27. The molecule has 1 aliphatic rings. The molecule has 0 radical (unpaired) electrons. The van der Waals surface area contributed by atoms with Crippen LogP contribution in [0.3, 0.4) is 0 Å². The molecule has 1 aromatic carbocycles. The average Bonchev–Trinajstić information content (AvgIpc) is 2.33. The number of hydrogen-bond acceptors (Lipinski definition) is 1. The second-order valence-electron chi connectivity index (χ2n) is 4.74. The van der Waals surface area contributed by atoms with E-state index in [0.717, 1.165) is 19.0 Å². The lowest BCUT2D eigenvalue weighted by Gasteiger charge is -2.16. The summed E-state index contributed by atoms with van der Waals surface area (Å²) in [5.74, 6) is 0.749. The maximum atomic E-state index is 3.54. The van der Waals surface area contributed by atoms with Gasteiger partial charge >= 0.3 is 0 Å². The second-order valence-corrected chi connectivity index (χ2v) is 4.74. The molecule has 1 aliphatic carbocycles. The Kier molecular flexibility index (Phi) is 4.17. The van der Waals surface area contributed by atoms with Gasteiger partial charge in [0.25, 0.3) is 0 Å². The van der Waals surface area contributed by atoms with Gasteiger partial charge in [-0.25, -0.2) is 0 Å². The minimum absolute atomic E-state index is 0.749. The van der Waals surface area contributed by atoms with E-state index in [-0.39, 0.29) is 0 Å². The summed E-state index contributed by atoms with van der Waals surface area (Å²) in [6.45, 7) is 4.24. The standard InChI is InChI=1S/C15H21N/c1-13-7-9-15(10-8-13)12-16-11-14-5-3-2-4-6-14/h3,5,7-10,14,16H,2,4,6,11-12H2,1H3/t14-/m1/s1. The van der Waals surface area contributed by atoms with Crippen molar-refractivity contribution in [3.05, 3.63) is 47.5 Å². The van der Waals surface area contributed by atoms with E-state index in [1.807, 2.05) is 0 Å².